The summed E-state index contributed by atoms with van der Waals surface area (Å²) < 4.78 is 11.8. The first kappa shape index (κ1) is 32.7. The van der Waals surface area contributed by atoms with Crippen molar-refractivity contribution >= 4 is 57.4 Å². The predicted molar refractivity (Wildman–Crippen MR) is 192 cm³/mol. The molecule has 1 aliphatic heterocycles. The molecule has 252 valence electrons. The van der Waals surface area contributed by atoms with E-state index in [1.165, 1.54) is 0 Å². The van der Waals surface area contributed by atoms with Crippen molar-refractivity contribution in [3.8, 4) is 16.9 Å². The Morgan fingerprint density at radius 3 is 2.47 bits per heavy atom. The summed E-state index contributed by atoms with van der Waals surface area (Å²) in [4.78, 5) is 33.1. The lowest BCUT2D eigenvalue weighted by Crippen LogP contribution is -2.43. The maximum absolute atomic E-state index is 14.8. The van der Waals surface area contributed by atoms with E-state index in [1.54, 1.807) is 33.7 Å². The van der Waals surface area contributed by atoms with Crippen LogP contribution < -0.4 is 9.64 Å². The normalized spacial score (nSPS) is 14.7. The number of anilines is 1. The topological polar surface area (TPSA) is 107 Å². The van der Waals surface area contributed by atoms with Crippen LogP contribution in [-0.4, -0.2) is 53.9 Å². The van der Waals surface area contributed by atoms with E-state index in [2.05, 4.69) is 21.6 Å². The number of carboxylic acids is 1. The molecule has 0 spiro atoms. The van der Waals surface area contributed by atoms with Gasteiger partial charge in [-0.3, -0.25) is 18.8 Å². The van der Waals surface area contributed by atoms with Gasteiger partial charge >= 0.3 is 5.97 Å². The molecule has 10 nitrogen and oxygen atoms in total. The minimum absolute atomic E-state index is 0.108. The Balaban J connectivity index is 1.38. The molecule has 1 atom stereocenters. The maximum atomic E-state index is 14.8. The highest BCUT2D eigenvalue weighted by molar-refractivity contribution is 6.35. The van der Waals surface area contributed by atoms with Gasteiger partial charge in [-0.15, -0.1) is 0 Å². The third kappa shape index (κ3) is 5.25. The quantitative estimate of drug-likeness (QED) is 0.161. The molecule has 0 unspecified atom stereocenters. The second-order valence-electron chi connectivity index (χ2n) is 12.8. The average molecular weight is 700 g/mol. The van der Waals surface area contributed by atoms with Gasteiger partial charge in [0.15, 0.2) is 5.69 Å². The first-order valence-corrected chi connectivity index (χ1v) is 16.9. The van der Waals surface area contributed by atoms with Gasteiger partial charge in [-0.05, 0) is 94.5 Å². The highest BCUT2D eigenvalue weighted by Crippen LogP contribution is 2.45. The van der Waals surface area contributed by atoms with E-state index < -0.39 is 5.97 Å². The lowest BCUT2D eigenvalue weighted by molar-refractivity contribution is 0.0692. The molecular formula is C37H36Cl2N6O4. The van der Waals surface area contributed by atoms with E-state index in [1.807, 2.05) is 63.7 Å². The SMILES string of the molecule is Cc1cc(OCCCc2c3n(c4c(-c5c(C)nn(C)c5C)c(Cl)ccc24)[C@H](C)CN(c2nc(C(=O)O)c4ccccn24)C3=O)cc(C)c1Cl. The third-order valence-electron chi connectivity index (χ3n) is 9.54. The van der Waals surface area contributed by atoms with Crippen LogP contribution >= 0.6 is 23.2 Å². The zero-order chi connectivity index (χ0) is 34.9. The van der Waals surface area contributed by atoms with Gasteiger partial charge in [0.2, 0.25) is 5.95 Å². The van der Waals surface area contributed by atoms with Crippen molar-refractivity contribution in [2.24, 2.45) is 7.05 Å². The van der Waals surface area contributed by atoms with Gasteiger partial charge < -0.3 is 14.4 Å². The number of nitrogens with zero attached hydrogens (tertiary/aromatic N) is 6. The Bertz CT molecular complexity index is 2310. The van der Waals surface area contributed by atoms with Crippen LogP contribution in [0.3, 0.4) is 0 Å². The molecule has 1 aliphatic rings. The second-order valence-corrected chi connectivity index (χ2v) is 13.6. The summed E-state index contributed by atoms with van der Waals surface area (Å²) in [6.45, 7) is 10.7. The lowest BCUT2D eigenvalue weighted by atomic mass is 9.98. The van der Waals surface area contributed by atoms with Crippen LogP contribution in [0.5, 0.6) is 5.75 Å². The molecule has 1 amide bonds. The number of hydrogen-bond donors (Lipinski definition) is 1. The summed E-state index contributed by atoms with van der Waals surface area (Å²) >= 11 is 13.4. The number of carboxylic acid groups (broad SMARTS) is 1. The molecule has 7 rings (SSSR count). The number of hydrogen-bond acceptors (Lipinski definition) is 5. The smallest absolute Gasteiger partial charge is 0.356 e. The number of amides is 1. The molecule has 0 saturated heterocycles. The van der Waals surface area contributed by atoms with Crippen molar-refractivity contribution in [2.75, 3.05) is 18.1 Å². The average Bonchev–Trinajstić information content (AvgIpc) is 3.69. The molecule has 0 bridgehead atoms. The zero-order valence-electron chi connectivity index (χ0n) is 28.1. The summed E-state index contributed by atoms with van der Waals surface area (Å²) in [6.07, 6.45) is 2.91. The standard InChI is InChI=1S/C37H36Cl2N6O4/c1-19-16-24(17-20(2)31(19)39)49-15-9-10-25-26-12-13-27(38)30(29-22(4)41-42(6)23(29)5)33(26)45-21(3)18-44(35(46)34(25)45)37-40-32(36(47)48)28-11-7-8-14-43(28)37/h7-8,11-14,16-17,21H,9-10,15,18H2,1-6H3,(H,47,48)/t21-/m1/s1. The van der Waals surface area contributed by atoms with Crippen molar-refractivity contribution in [3.05, 3.63) is 98.2 Å². The number of benzene rings is 2. The van der Waals surface area contributed by atoms with Gasteiger partial charge in [0.25, 0.3) is 5.91 Å². The summed E-state index contributed by atoms with van der Waals surface area (Å²) in [5.41, 5.74) is 8.07. The third-order valence-corrected chi connectivity index (χ3v) is 10.4. The lowest BCUT2D eigenvalue weighted by Gasteiger charge is -2.33. The number of imidazole rings is 1. The number of fused-ring (bicyclic) bond motifs is 4. The van der Waals surface area contributed by atoms with E-state index in [0.29, 0.717) is 35.7 Å². The fraction of sp³-hybridized carbons (Fsp3) is 0.297. The van der Waals surface area contributed by atoms with E-state index in [0.717, 1.165) is 60.9 Å². The Labute approximate surface area is 293 Å². The van der Waals surface area contributed by atoms with Crippen LogP contribution in [0.25, 0.3) is 27.5 Å². The first-order valence-electron chi connectivity index (χ1n) is 16.2. The Hall–Kier alpha value is -4.80. The zero-order valence-corrected chi connectivity index (χ0v) is 29.6. The number of pyridine rings is 1. The fourth-order valence-corrected chi connectivity index (χ4v) is 7.63. The molecule has 0 fully saturated rings. The van der Waals surface area contributed by atoms with Gasteiger partial charge in [0, 0.05) is 53.1 Å². The van der Waals surface area contributed by atoms with Gasteiger partial charge in [-0.25, -0.2) is 9.78 Å². The Kier molecular flexibility index (Phi) is 8.19. The Morgan fingerprint density at radius 1 is 1.06 bits per heavy atom. The molecular weight excluding hydrogens is 663 g/mol. The largest absolute Gasteiger partial charge is 0.494 e. The number of aryl methyl sites for hydroxylation is 5. The van der Waals surface area contributed by atoms with Crippen LogP contribution in [0.2, 0.25) is 10.0 Å². The minimum Gasteiger partial charge on any atom is -0.494 e. The minimum atomic E-state index is -1.16. The van der Waals surface area contributed by atoms with Crippen LogP contribution in [0.1, 0.15) is 68.4 Å². The van der Waals surface area contributed by atoms with Crippen molar-refractivity contribution < 1.29 is 19.4 Å². The highest BCUT2D eigenvalue weighted by Gasteiger charge is 2.38. The number of aromatic carboxylic acids is 1. The van der Waals surface area contributed by atoms with Gasteiger partial charge in [0.1, 0.15) is 11.4 Å². The van der Waals surface area contributed by atoms with Crippen molar-refractivity contribution in [2.45, 2.75) is 53.5 Å². The number of rotatable bonds is 8. The molecule has 4 aromatic heterocycles. The van der Waals surface area contributed by atoms with Crippen molar-refractivity contribution in [1.29, 1.82) is 0 Å². The van der Waals surface area contributed by atoms with E-state index in [-0.39, 0.29) is 30.1 Å². The van der Waals surface area contributed by atoms with Crippen LogP contribution in [0, 0.1) is 27.7 Å². The predicted octanol–water partition coefficient (Wildman–Crippen LogP) is 8.16. The Morgan fingerprint density at radius 2 is 1.80 bits per heavy atom. The van der Waals surface area contributed by atoms with Crippen LogP contribution in [0.4, 0.5) is 5.95 Å². The first-order chi connectivity index (χ1) is 23.4. The van der Waals surface area contributed by atoms with Crippen molar-refractivity contribution in [3.63, 3.8) is 0 Å². The van der Waals surface area contributed by atoms with Gasteiger partial charge in [-0.2, -0.15) is 5.10 Å². The number of ether oxygens (including phenoxy) is 1. The van der Waals surface area contributed by atoms with Crippen LogP contribution in [-0.2, 0) is 13.5 Å². The maximum Gasteiger partial charge on any atom is 0.356 e. The number of halogens is 2. The summed E-state index contributed by atoms with van der Waals surface area (Å²) in [7, 11) is 1.91. The number of carbonyl (C=O) groups excluding carboxylic acids is 1. The highest BCUT2D eigenvalue weighted by atomic mass is 35.5. The number of carbonyl (C=O) groups is 2. The van der Waals surface area contributed by atoms with Crippen molar-refractivity contribution in [1.82, 2.24) is 23.7 Å². The summed E-state index contributed by atoms with van der Waals surface area (Å²) in [5.74, 6) is -0.407. The van der Waals surface area contributed by atoms with Gasteiger partial charge in [0.05, 0.1) is 28.4 Å². The van der Waals surface area contributed by atoms with E-state index in [9.17, 15) is 14.7 Å². The molecule has 5 heterocycles. The van der Waals surface area contributed by atoms with Gasteiger partial charge in [-0.1, -0.05) is 35.3 Å². The molecule has 2 aromatic carbocycles. The van der Waals surface area contributed by atoms with E-state index >= 15 is 0 Å². The summed E-state index contributed by atoms with van der Waals surface area (Å²) in [5, 5.41) is 16.9. The van der Waals surface area contributed by atoms with E-state index in [4.69, 9.17) is 27.9 Å². The molecule has 0 radical (unpaired) electrons. The monoisotopic (exact) mass is 698 g/mol. The fourth-order valence-electron chi connectivity index (χ4n) is 7.27. The molecule has 0 aliphatic carbocycles. The summed E-state index contributed by atoms with van der Waals surface area (Å²) in [6, 6.07) is 12.8. The molecule has 12 heteroatoms. The molecule has 0 saturated carbocycles. The number of aromatic nitrogens is 5. The van der Waals surface area contributed by atoms with Crippen LogP contribution in [0.15, 0.2) is 48.7 Å². The second kappa shape index (κ2) is 12.3. The molecule has 6 aromatic rings. The molecule has 49 heavy (non-hydrogen) atoms. The molecule has 1 N–H and O–H groups in total.